The standard InChI is InChI=1S/C16H17N3OS/c1-11(15-18-8-9-21-15)10-19(2)16(20)13-4-3-5-14-12(13)6-7-17-14/h3-9,11,17H,10H2,1-2H3/t11-/m1/s1. The summed E-state index contributed by atoms with van der Waals surface area (Å²) in [6.45, 7) is 2.76. The van der Waals surface area contributed by atoms with Crippen LogP contribution in [0, 0.1) is 0 Å². The number of hydrogen-bond acceptors (Lipinski definition) is 3. The molecule has 0 radical (unpaired) electrons. The van der Waals surface area contributed by atoms with E-state index in [1.165, 1.54) is 0 Å². The van der Waals surface area contributed by atoms with E-state index in [9.17, 15) is 4.79 Å². The fourth-order valence-electron chi connectivity index (χ4n) is 2.53. The largest absolute Gasteiger partial charge is 0.361 e. The monoisotopic (exact) mass is 299 g/mol. The molecule has 5 heteroatoms. The number of likely N-dealkylation sites (N-methyl/N-ethyl adjacent to an activating group) is 1. The van der Waals surface area contributed by atoms with Crippen molar-refractivity contribution in [1.29, 1.82) is 0 Å². The number of carbonyl (C=O) groups excluding carboxylic acids is 1. The number of amides is 1. The highest BCUT2D eigenvalue weighted by atomic mass is 32.1. The number of nitrogens with zero attached hydrogens (tertiary/aromatic N) is 2. The van der Waals surface area contributed by atoms with Gasteiger partial charge in [-0.3, -0.25) is 4.79 Å². The van der Waals surface area contributed by atoms with Crippen LogP contribution in [0.2, 0.25) is 0 Å². The second-order valence-electron chi connectivity index (χ2n) is 5.20. The van der Waals surface area contributed by atoms with Crippen LogP contribution in [0.25, 0.3) is 10.9 Å². The molecule has 0 aliphatic rings. The molecule has 0 saturated carbocycles. The summed E-state index contributed by atoms with van der Waals surface area (Å²) in [5, 5.41) is 4.00. The van der Waals surface area contributed by atoms with Crippen molar-refractivity contribution in [1.82, 2.24) is 14.9 Å². The lowest BCUT2D eigenvalue weighted by molar-refractivity contribution is 0.0790. The molecule has 2 aromatic heterocycles. The number of H-pyrrole nitrogens is 1. The minimum absolute atomic E-state index is 0.0450. The van der Waals surface area contributed by atoms with E-state index in [2.05, 4.69) is 16.9 Å². The van der Waals surface area contributed by atoms with Crippen molar-refractivity contribution < 1.29 is 4.79 Å². The van der Waals surface area contributed by atoms with E-state index in [0.29, 0.717) is 6.54 Å². The molecular weight excluding hydrogens is 282 g/mol. The van der Waals surface area contributed by atoms with E-state index in [0.717, 1.165) is 21.5 Å². The summed E-state index contributed by atoms with van der Waals surface area (Å²) in [7, 11) is 1.85. The zero-order chi connectivity index (χ0) is 14.8. The third-order valence-electron chi connectivity index (χ3n) is 3.59. The van der Waals surface area contributed by atoms with Crippen molar-refractivity contribution in [2.75, 3.05) is 13.6 Å². The van der Waals surface area contributed by atoms with Gasteiger partial charge in [-0.15, -0.1) is 11.3 Å². The highest BCUT2D eigenvalue weighted by Gasteiger charge is 2.18. The van der Waals surface area contributed by atoms with Gasteiger partial charge in [0.2, 0.25) is 0 Å². The molecule has 3 rings (SSSR count). The molecule has 21 heavy (non-hydrogen) atoms. The van der Waals surface area contributed by atoms with Crippen LogP contribution in [0.5, 0.6) is 0 Å². The fourth-order valence-corrected chi connectivity index (χ4v) is 3.22. The van der Waals surface area contributed by atoms with Crippen LogP contribution in [0.15, 0.2) is 42.0 Å². The molecule has 0 aliphatic heterocycles. The van der Waals surface area contributed by atoms with E-state index in [1.807, 2.05) is 42.9 Å². The summed E-state index contributed by atoms with van der Waals surface area (Å²) >= 11 is 1.63. The average Bonchev–Trinajstić information content (AvgIpc) is 3.16. The van der Waals surface area contributed by atoms with Crippen molar-refractivity contribution >= 4 is 28.1 Å². The van der Waals surface area contributed by atoms with E-state index in [1.54, 1.807) is 22.4 Å². The quantitative estimate of drug-likeness (QED) is 0.801. The highest BCUT2D eigenvalue weighted by Crippen LogP contribution is 2.22. The molecular formula is C16H17N3OS. The van der Waals surface area contributed by atoms with Crippen LogP contribution >= 0.6 is 11.3 Å². The SMILES string of the molecule is C[C@H](CN(C)C(=O)c1cccc2[nH]ccc12)c1nccs1. The Hall–Kier alpha value is -2.14. The minimum atomic E-state index is 0.0450. The van der Waals surface area contributed by atoms with Crippen molar-refractivity contribution in [3.63, 3.8) is 0 Å². The van der Waals surface area contributed by atoms with Gasteiger partial charge in [-0.05, 0) is 18.2 Å². The van der Waals surface area contributed by atoms with Crippen molar-refractivity contribution in [3.05, 3.63) is 52.6 Å². The minimum Gasteiger partial charge on any atom is -0.361 e. The summed E-state index contributed by atoms with van der Waals surface area (Å²) in [5.74, 6) is 0.285. The van der Waals surface area contributed by atoms with E-state index >= 15 is 0 Å². The Morgan fingerprint density at radius 2 is 2.29 bits per heavy atom. The van der Waals surface area contributed by atoms with Crippen LogP contribution in [0.1, 0.15) is 28.2 Å². The van der Waals surface area contributed by atoms with Gasteiger partial charge in [-0.1, -0.05) is 13.0 Å². The highest BCUT2D eigenvalue weighted by molar-refractivity contribution is 7.09. The van der Waals surface area contributed by atoms with Crippen molar-refractivity contribution in [2.45, 2.75) is 12.8 Å². The number of carbonyl (C=O) groups is 1. The molecule has 1 amide bonds. The molecule has 4 nitrogen and oxygen atoms in total. The zero-order valence-electron chi connectivity index (χ0n) is 12.0. The van der Waals surface area contributed by atoms with Crippen LogP contribution in [0.3, 0.4) is 0 Å². The number of aromatic amines is 1. The Morgan fingerprint density at radius 1 is 1.43 bits per heavy atom. The first kappa shape index (κ1) is 13.8. The molecule has 0 bridgehead atoms. The maximum absolute atomic E-state index is 12.7. The Balaban J connectivity index is 1.80. The first-order chi connectivity index (χ1) is 10.2. The van der Waals surface area contributed by atoms with E-state index in [4.69, 9.17) is 0 Å². The zero-order valence-corrected chi connectivity index (χ0v) is 12.9. The molecule has 0 spiro atoms. The first-order valence-corrected chi connectivity index (χ1v) is 7.75. The van der Waals surface area contributed by atoms with Crippen LogP contribution in [-0.2, 0) is 0 Å². The number of fused-ring (bicyclic) bond motifs is 1. The van der Waals surface area contributed by atoms with Gasteiger partial charge < -0.3 is 9.88 Å². The maximum atomic E-state index is 12.7. The molecule has 0 fully saturated rings. The number of nitrogens with one attached hydrogen (secondary N) is 1. The maximum Gasteiger partial charge on any atom is 0.254 e. The third-order valence-corrected chi connectivity index (χ3v) is 4.60. The second kappa shape index (κ2) is 5.69. The van der Waals surface area contributed by atoms with Gasteiger partial charge in [0.05, 0.1) is 5.01 Å². The van der Waals surface area contributed by atoms with Crippen molar-refractivity contribution in [2.24, 2.45) is 0 Å². The molecule has 1 N–H and O–H groups in total. The van der Waals surface area contributed by atoms with Gasteiger partial charge in [0, 0.05) is 53.8 Å². The number of thiazole rings is 1. The van der Waals surface area contributed by atoms with Gasteiger partial charge in [0.1, 0.15) is 0 Å². The normalized spacial score (nSPS) is 12.5. The third kappa shape index (κ3) is 2.69. The van der Waals surface area contributed by atoms with Crippen LogP contribution < -0.4 is 0 Å². The lowest BCUT2D eigenvalue weighted by Gasteiger charge is -2.21. The first-order valence-electron chi connectivity index (χ1n) is 6.88. The Bertz CT molecular complexity index is 748. The predicted molar refractivity (Wildman–Crippen MR) is 85.8 cm³/mol. The summed E-state index contributed by atoms with van der Waals surface area (Å²) in [5.41, 5.74) is 1.73. The Morgan fingerprint density at radius 3 is 3.05 bits per heavy atom. The van der Waals surface area contributed by atoms with Gasteiger partial charge >= 0.3 is 0 Å². The van der Waals surface area contributed by atoms with Gasteiger partial charge in [-0.2, -0.15) is 0 Å². The number of hydrogen-bond donors (Lipinski definition) is 1. The van der Waals surface area contributed by atoms with Crippen LogP contribution in [0.4, 0.5) is 0 Å². The van der Waals surface area contributed by atoms with Crippen molar-refractivity contribution in [3.8, 4) is 0 Å². The predicted octanol–water partition coefficient (Wildman–Crippen LogP) is 3.50. The lowest BCUT2D eigenvalue weighted by atomic mass is 10.1. The molecule has 3 aromatic rings. The molecule has 1 atom stereocenters. The van der Waals surface area contributed by atoms with E-state index < -0.39 is 0 Å². The molecule has 0 saturated heterocycles. The molecule has 2 heterocycles. The molecule has 0 aliphatic carbocycles. The summed E-state index contributed by atoms with van der Waals surface area (Å²) in [6.07, 6.45) is 3.67. The summed E-state index contributed by atoms with van der Waals surface area (Å²) < 4.78 is 0. The smallest absolute Gasteiger partial charge is 0.254 e. The molecule has 0 unspecified atom stereocenters. The van der Waals surface area contributed by atoms with Gasteiger partial charge in [-0.25, -0.2) is 4.98 Å². The van der Waals surface area contributed by atoms with Gasteiger partial charge in [0.25, 0.3) is 5.91 Å². The Labute approximate surface area is 127 Å². The summed E-state index contributed by atoms with van der Waals surface area (Å²) in [4.78, 5) is 21.9. The molecule has 108 valence electrons. The van der Waals surface area contributed by atoms with Crippen LogP contribution in [-0.4, -0.2) is 34.4 Å². The average molecular weight is 299 g/mol. The van der Waals surface area contributed by atoms with E-state index in [-0.39, 0.29) is 11.8 Å². The number of aromatic nitrogens is 2. The van der Waals surface area contributed by atoms with Gasteiger partial charge in [0.15, 0.2) is 0 Å². The topological polar surface area (TPSA) is 49.0 Å². The Kier molecular flexibility index (Phi) is 3.75. The lowest BCUT2D eigenvalue weighted by Crippen LogP contribution is -2.30. The number of rotatable bonds is 4. The molecule has 1 aromatic carbocycles. The summed E-state index contributed by atoms with van der Waals surface area (Å²) in [6, 6.07) is 7.71. The fraction of sp³-hybridized carbons (Fsp3) is 0.250. The number of benzene rings is 1. The second-order valence-corrected chi connectivity index (χ2v) is 6.13.